The van der Waals surface area contributed by atoms with Gasteiger partial charge in [0.05, 0.1) is 6.54 Å². The molecule has 0 aliphatic heterocycles. The van der Waals surface area contributed by atoms with Gasteiger partial charge < -0.3 is 10.4 Å². The summed E-state index contributed by atoms with van der Waals surface area (Å²) < 4.78 is 13.4. The van der Waals surface area contributed by atoms with Crippen molar-refractivity contribution in [3.8, 4) is 0 Å². The minimum Gasteiger partial charge on any atom is -0.480 e. The Balaban J connectivity index is 2.50. The summed E-state index contributed by atoms with van der Waals surface area (Å²) in [6.45, 7) is 3.62. The molecule has 1 aromatic carbocycles. The van der Waals surface area contributed by atoms with Crippen LogP contribution in [0.2, 0.25) is 0 Å². The number of aryl methyl sites for hydroxylation is 1. The molecule has 5 nitrogen and oxygen atoms in total. The predicted octanol–water partition coefficient (Wildman–Crippen LogP) is 1.55. The lowest BCUT2D eigenvalue weighted by Gasteiger charge is -2.22. The number of likely N-dealkylation sites (N-methyl/N-ethyl adjacent to an activating group) is 1. The summed E-state index contributed by atoms with van der Waals surface area (Å²) >= 11 is 0. The summed E-state index contributed by atoms with van der Waals surface area (Å²) in [7, 11) is 1.59. The standard InChI is InChI=1S/C15H21FN2O3/c1-4-13(15(20)21)18(3)9-14(19)17-8-11-6-5-10(2)12(16)7-11/h5-7,13H,4,8-9H2,1-3H3,(H,17,19)(H,20,21). The lowest BCUT2D eigenvalue weighted by Crippen LogP contribution is -2.43. The topological polar surface area (TPSA) is 69.6 Å². The van der Waals surface area contributed by atoms with Gasteiger partial charge in [0.1, 0.15) is 11.9 Å². The van der Waals surface area contributed by atoms with Crippen molar-refractivity contribution in [2.45, 2.75) is 32.9 Å². The van der Waals surface area contributed by atoms with E-state index in [0.717, 1.165) is 0 Å². The number of benzene rings is 1. The van der Waals surface area contributed by atoms with E-state index >= 15 is 0 Å². The molecule has 0 aromatic heterocycles. The first-order chi connectivity index (χ1) is 9.85. The summed E-state index contributed by atoms with van der Waals surface area (Å²) in [5.41, 5.74) is 1.22. The van der Waals surface area contributed by atoms with E-state index in [0.29, 0.717) is 17.5 Å². The van der Waals surface area contributed by atoms with E-state index in [1.807, 2.05) is 0 Å². The normalized spacial score (nSPS) is 12.2. The fourth-order valence-electron chi connectivity index (χ4n) is 2.01. The molecule has 0 bridgehead atoms. The van der Waals surface area contributed by atoms with E-state index in [9.17, 15) is 14.0 Å². The molecule has 6 heteroatoms. The molecule has 1 rings (SSSR count). The number of carboxylic acids is 1. The summed E-state index contributed by atoms with van der Waals surface area (Å²) in [6.07, 6.45) is 0.419. The van der Waals surface area contributed by atoms with Gasteiger partial charge in [-0.3, -0.25) is 14.5 Å². The second-order valence-electron chi connectivity index (χ2n) is 5.04. The van der Waals surface area contributed by atoms with Crippen LogP contribution in [0.25, 0.3) is 0 Å². The molecule has 0 aliphatic carbocycles. The number of hydrogen-bond donors (Lipinski definition) is 2. The third kappa shape index (κ3) is 5.15. The smallest absolute Gasteiger partial charge is 0.320 e. The number of nitrogens with one attached hydrogen (secondary N) is 1. The Hall–Kier alpha value is -1.95. The minimum atomic E-state index is -0.951. The van der Waals surface area contributed by atoms with Crippen molar-refractivity contribution in [1.82, 2.24) is 10.2 Å². The highest BCUT2D eigenvalue weighted by Gasteiger charge is 2.21. The van der Waals surface area contributed by atoms with E-state index in [4.69, 9.17) is 5.11 Å². The van der Waals surface area contributed by atoms with Gasteiger partial charge in [-0.05, 0) is 37.6 Å². The third-order valence-electron chi connectivity index (χ3n) is 3.32. The van der Waals surface area contributed by atoms with Gasteiger partial charge in [-0.25, -0.2) is 4.39 Å². The van der Waals surface area contributed by atoms with Crippen molar-refractivity contribution in [1.29, 1.82) is 0 Å². The fraction of sp³-hybridized carbons (Fsp3) is 0.467. The van der Waals surface area contributed by atoms with Gasteiger partial charge in [0.25, 0.3) is 0 Å². The summed E-state index contributed by atoms with van der Waals surface area (Å²) in [5, 5.41) is 11.7. The Labute approximate surface area is 123 Å². The molecular formula is C15H21FN2O3. The molecule has 0 saturated carbocycles. The maximum absolute atomic E-state index is 13.4. The Morgan fingerprint density at radius 2 is 2.10 bits per heavy atom. The van der Waals surface area contributed by atoms with Crippen LogP contribution in [0, 0.1) is 12.7 Å². The fourth-order valence-corrected chi connectivity index (χ4v) is 2.01. The molecule has 2 N–H and O–H groups in total. The Kier molecular flexibility index (Phi) is 6.30. The van der Waals surface area contributed by atoms with Crippen molar-refractivity contribution in [3.05, 3.63) is 35.1 Å². The summed E-state index contributed by atoms with van der Waals surface area (Å²) in [4.78, 5) is 24.2. The first kappa shape index (κ1) is 17.1. The average Bonchev–Trinajstić information content (AvgIpc) is 2.40. The van der Waals surface area contributed by atoms with Gasteiger partial charge in [-0.1, -0.05) is 19.1 Å². The second kappa shape index (κ2) is 7.73. The molecule has 0 aliphatic rings. The number of hydrogen-bond acceptors (Lipinski definition) is 3. The molecule has 0 heterocycles. The van der Waals surface area contributed by atoms with Crippen LogP contribution in [-0.2, 0) is 16.1 Å². The van der Waals surface area contributed by atoms with Crippen LogP contribution in [0.1, 0.15) is 24.5 Å². The number of aliphatic carboxylic acids is 1. The Morgan fingerprint density at radius 3 is 2.62 bits per heavy atom. The number of carboxylic acid groups (broad SMARTS) is 1. The van der Waals surface area contributed by atoms with Crippen LogP contribution in [0.4, 0.5) is 4.39 Å². The Bertz CT molecular complexity index is 520. The van der Waals surface area contributed by atoms with E-state index in [1.165, 1.54) is 11.0 Å². The molecule has 21 heavy (non-hydrogen) atoms. The number of rotatable bonds is 7. The van der Waals surface area contributed by atoms with Gasteiger partial charge in [0.2, 0.25) is 5.91 Å². The highest BCUT2D eigenvalue weighted by Crippen LogP contribution is 2.09. The van der Waals surface area contributed by atoms with Crippen LogP contribution >= 0.6 is 0 Å². The zero-order chi connectivity index (χ0) is 16.0. The molecule has 0 spiro atoms. The highest BCUT2D eigenvalue weighted by molar-refractivity contribution is 5.79. The van der Waals surface area contributed by atoms with Crippen LogP contribution in [-0.4, -0.2) is 41.5 Å². The minimum absolute atomic E-state index is 0.0147. The molecular weight excluding hydrogens is 275 g/mol. The van der Waals surface area contributed by atoms with Gasteiger partial charge in [-0.15, -0.1) is 0 Å². The van der Waals surface area contributed by atoms with E-state index in [1.54, 1.807) is 33.0 Å². The quantitative estimate of drug-likeness (QED) is 0.801. The highest BCUT2D eigenvalue weighted by atomic mass is 19.1. The van der Waals surface area contributed by atoms with Crippen LogP contribution in [0.5, 0.6) is 0 Å². The van der Waals surface area contributed by atoms with Gasteiger partial charge in [0.15, 0.2) is 0 Å². The first-order valence-electron chi connectivity index (χ1n) is 6.80. The first-order valence-corrected chi connectivity index (χ1v) is 6.80. The van der Waals surface area contributed by atoms with Crippen LogP contribution in [0.15, 0.2) is 18.2 Å². The summed E-state index contributed by atoms with van der Waals surface area (Å²) in [6, 6.07) is 4.09. The predicted molar refractivity (Wildman–Crippen MR) is 77.3 cm³/mol. The molecule has 1 unspecified atom stereocenters. The maximum atomic E-state index is 13.4. The number of nitrogens with zero attached hydrogens (tertiary/aromatic N) is 1. The molecule has 116 valence electrons. The lowest BCUT2D eigenvalue weighted by atomic mass is 10.1. The van der Waals surface area contributed by atoms with Crippen LogP contribution in [0.3, 0.4) is 0 Å². The van der Waals surface area contributed by atoms with Gasteiger partial charge in [0, 0.05) is 6.54 Å². The SMILES string of the molecule is CCC(C(=O)O)N(C)CC(=O)NCc1ccc(C)c(F)c1. The number of carbonyl (C=O) groups excluding carboxylic acids is 1. The molecule has 0 radical (unpaired) electrons. The van der Waals surface area contributed by atoms with Gasteiger partial charge in [-0.2, -0.15) is 0 Å². The number of halogens is 1. The maximum Gasteiger partial charge on any atom is 0.320 e. The van der Waals surface area contributed by atoms with Crippen molar-refractivity contribution >= 4 is 11.9 Å². The number of carbonyl (C=O) groups is 2. The second-order valence-corrected chi connectivity index (χ2v) is 5.04. The summed E-state index contributed by atoms with van der Waals surface area (Å²) in [5.74, 6) is -1.55. The monoisotopic (exact) mass is 296 g/mol. The Morgan fingerprint density at radius 1 is 1.43 bits per heavy atom. The van der Waals surface area contributed by atoms with E-state index < -0.39 is 12.0 Å². The van der Waals surface area contributed by atoms with Crippen molar-refractivity contribution in [2.24, 2.45) is 0 Å². The average molecular weight is 296 g/mol. The van der Waals surface area contributed by atoms with E-state index in [2.05, 4.69) is 5.32 Å². The van der Waals surface area contributed by atoms with Crippen molar-refractivity contribution in [2.75, 3.05) is 13.6 Å². The molecule has 0 saturated heterocycles. The largest absolute Gasteiger partial charge is 0.480 e. The molecule has 0 fully saturated rings. The third-order valence-corrected chi connectivity index (χ3v) is 3.32. The van der Waals surface area contributed by atoms with Crippen LogP contribution < -0.4 is 5.32 Å². The van der Waals surface area contributed by atoms with Crippen molar-refractivity contribution < 1.29 is 19.1 Å². The van der Waals surface area contributed by atoms with Crippen molar-refractivity contribution in [3.63, 3.8) is 0 Å². The number of amides is 1. The molecule has 1 amide bonds. The zero-order valence-electron chi connectivity index (χ0n) is 12.5. The van der Waals surface area contributed by atoms with E-state index in [-0.39, 0.29) is 24.8 Å². The zero-order valence-corrected chi connectivity index (χ0v) is 12.5. The molecule has 1 atom stereocenters. The van der Waals surface area contributed by atoms with Gasteiger partial charge >= 0.3 is 5.97 Å². The molecule has 1 aromatic rings. The lowest BCUT2D eigenvalue weighted by molar-refractivity contribution is -0.143.